The van der Waals surface area contributed by atoms with Gasteiger partial charge in [-0.2, -0.15) is 16.8 Å². The summed E-state index contributed by atoms with van der Waals surface area (Å²) in [7, 11) is -9.20. The van der Waals surface area contributed by atoms with E-state index in [0.717, 1.165) is 0 Å². The second-order valence-electron chi connectivity index (χ2n) is 1.91. The van der Waals surface area contributed by atoms with E-state index in [4.69, 9.17) is 9.11 Å². The molecule has 0 fully saturated rings. The van der Waals surface area contributed by atoms with E-state index in [1.165, 1.54) is 0 Å². The third-order valence-electron chi connectivity index (χ3n) is 0.548. The number of hydrogen-bond acceptors (Lipinski definition) is 6. The maximum atomic E-state index is 9.82. The van der Waals surface area contributed by atoms with Gasteiger partial charge in [0, 0.05) is 0 Å². The number of hydrogen-bond donors (Lipinski definition) is 2. The summed E-state index contributed by atoms with van der Waals surface area (Å²) in [6.45, 7) is 3.83. The van der Waals surface area contributed by atoms with Crippen molar-refractivity contribution in [2.24, 2.45) is 0 Å². The molecule has 0 saturated carbocycles. The van der Waals surface area contributed by atoms with E-state index in [1.807, 2.05) is 6.92 Å². The average molecular weight is 264 g/mol. The zero-order valence-corrected chi connectivity index (χ0v) is 9.49. The second kappa shape index (κ2) is 7.73. The van der Waals surface area contributed by atoms with Gasteiger partial charge in [-0.25, -0.2) is 8.37 Å². The van der Waals surface area contributed by atoms with Crippen LogP contribution in [0.4, 0.5) is 0 Å². The Bertz CT molecular complexity index is 318. The standard InChI is InChI=1S/C3H6.C2H6O8S2/c1-3-2;3-11(4,5)9-1-2-10-12(6,7)8/h3H,1H2,2H3;1-2H2,(H,3,4,5)(H,6,7,8). The molecule has 2 N–H and O–H groups in total. The van der Waals surface area contributed by atoms with Gasteiger partial charge in [0.2, 0.25) is 0 Å². The number of rotatable bonds is 5. The Morgan fingerprint density at radius 2 is 1.27 bits per heavy atom. The van der Waals surface area contributed by atoms with E-state index in [9.17, 15) is 16.8 Å². The van der Waals surface area contributed by atoms with Gasteiger partial charge in [-0.3, -0.25) is 9.11 Å². The molecule has 0 spiro atoms. The Balaban J connectivity index is 0. The smallest absolute Gasteiger partial charge is 0.264 e. The molecule has 0 unspecified atom stereocenters. The van der Waals surface area contributed by atoms with Gasteiger partial charge in [0.15, 0.2) is 0 Å². The largest absolute Gasteiger partial charge is 0.397 e. The maximum Gasteiger partial charge on any atom is 0.397 e. The lowest BCUT2D eigenvalue weighted by atomic mass is 10.8. The molecule has 0 aliphatic heterocycles. The summed E-state index contributed by atoms with van der Waals surface area (Å²) in [5.41, 5.74) is 0. The van der Waals surface area contributed by atoms with Gasteiger partial charge >= 0.3 is 20.8 Å². The molecule has 0 atom stereocenters. The molecule has 0 aromatic carbocycles. The van der Waals surface area contributed by atoms with Gasteiger partial charge in [0.1, 0.15) is 0 Å². The van der Waals surface area contributed by atoms with Crippen molar-refractivity contribution in [3.63, 3.8) is 0 Å². The summed E-state index contributed by atoms with van der Waals surface area (Å²) in [6, 6.07) is 0. The zero-order chi connectivity index (χ0) is 12.5. The summed E-state index contributed by atoms with van der Waals surface area (Å²) < 4.78 is 62.4. The molecule has 15 heavy (non-hydrogen) atoms. The van der Waals surface area contributed by atoms with Crippen molar-refractivity contribution in [3.05, 3.63) is 12.7 Å². The molecule has 0 amide bonds. The molecule has 0 heterocycles. The van der Waals surface area contributed by atoms with Crippen molar-refractivity contribution in [2.45, 2.75) is 6.92 Å². The molecular weight excluding hydrogens is 252 g/mol. The Morgan fingerprint density at radius 3 is 1.40 bits per heavy atom. The van der Waals surface area contributed by atoms with Crippen LogP contribution in [-0.4, -0.2) is 39.2 Å². The molecule has 8 nitrogen and oxygen atoms in total. The first-order valence-electron chi connectivity index (χ1n) is 3.43. The van der Waals surface area contributed by atoms with Crippen LogP contribution in [0.15, 0.2) is 12.7 Å². The van der Waals surface area contributed by atoms with Crippen molar-refractivity contribution in [3.8, 4) is 0 Å². The van der Waals surface area contributed by atoms with E-state index in [-0.39, 0.29) is 0 Å². The molecule has 0 aromatic rings. The molecule has 92 valence electrons. The van der Waals surface area contributed by atoms with Gasteiger partial charge < -0.3 is 0 Å². The average Bonchev–Trinajstić information content (AvgIpc) is 1.96. The minimum Gasteiger partial charge on any atom is -0.264 e. The van der Waals surface area contributed by atoms with E-state index in [1.54, 1.807) is 6.08 Å². The molecule has 0 saturated heterocycles. The van der Waals surface area contributed by atoms with E-state index >= 15 is 0 Å². The second-order valence-corrected chi connectivity index (χ2v) is 4.09. The molecule has 0 bridgehead atoms. The van der Waals surface area contributed by atoms with Gasteiger partial charge in [-0.15, -0.1) is 6.58 Å². The van der Waals surface area contributed by atoms with Crippen molar-refractivity contribution >= 4 is 20.8 Å². The lowest BCUT2D eigenvalue weighted by Crippen LogP contribution is -2.13. The molecule has 10 heteroatoms. The Kier molecular flexibility index (Phi) is 8.71. The fourth-order valence-corrected chi connectivity index (χ4v) is 0.836. The first-order chi connectivity index (χ1) is 6.62. The quantitative estimate of drug-likeness (QED) is 0.397. The highest BCUT2D eigenvalue weighted by Gasteiger charge is 2.07. The molecule has 0 rings (SSSR count). The Morgan fingerprint density at radius 1 is 1.07 bits per heavy atom. The minimum absolute atomic E-state index is 0.710. The normalized spacial score (nSPS) is 11.4. The lowest BCUT2D eigenvalue weighted by Gasteiger charge is -1.98. The zero-order valence-electron chi connectivity index (χ0n) is 7.86. The van der Waals surface area contributed by atoms with Crippen LogP contribution in [0.2, 0.25) is 0 Å². The SMILES string of the molecule is C=CC.O=S(=O)(O)OCCOS(=O)(=O)O. The summed E-state index contributed by atoms with van der Waals surface area (Å²) >= 11 is 0. The fourth-order valence-electron chi connectivity index (χ4n) is 0.279. The first kappa shape index (κ1) is 16.9. The summed E-state index contributed by atoms with van der Waals surface area (Å²) in [6.07, 6.45) is 1.75. The van der Waals surface area contributed by atoms with Crippen molar-refractivity contribution in [2.75, 3.05) is 13.2 Å². The van der Waals surface area contributed by atoms with Crippen molar-refractivity contribution < 1.29 is 34.3 Å². The highest BCUT2D eigenvalue weighted by Crippen LogP contribution is 1.89. The lowest BCUT2D eigenvalue weighted by molar-refractivity contribution is 0.190. The molecule has 0 aliphatic rings. The number of allylic oxidation sites excluding steroid dienone is 1. The van der Waals surface area contributed by atoms with Crippen LogP contribution < -0.4 is 0 Å². The van der Waals surface area contributed by atoms with Crippen molar-refractivity contribution in [1.29, 1.82) is 0 Å². The van der Waals surface area contributed by atoms with Crippen LogP contribution in [0.25, 0.3) is 0 Å². The predicted octanol–water partition coefficient (Wildman–Crippen LogP) is -0.182. The third kappa shape index (κ3) is 24.7. The van der Waals surface area contributed by atoms with Gasteiger partial charge in [0.25, 0.3) is 0 Å². The topological polar surface area (TPSA) is 127 Å². The van der Waals surface area contributed by atoms with Crippen molar-refractivity contribution in [1.82, 2.24) is 0 Å². The van der Waals surface area contributed by atoms with E-state index in [2.05, 4.69) is 14.9 Å². The van der Waals surface area contributed by atoms with Crippen LogP contribution in [0.3, 0.4) is 0 Å². The highest BCUT2D eigenvalue weighted by molar-refractivity contribution is 7.81. The Hall–Kier alpha value is -0.520. The predicted molar refractivity (Wildman–Crippen MR) is 50.9 cm³/mol. The Labute approximate surface area is 88.4 Å². The van der Waals surface area contributed by atoms with Crippen LogP contribution in [-0.2, 0) is 29.2 Å². The van der Waals surface area contributed by atoms with E-state index < -0.39 is 34.0 Å². The van der Waals surface area contributed by atoms with E-state index in [0.29, 0.717) is 0 Å². The third-order valence-corrected chi connectivity index (χ3v) is 1.48. The van der Waals surface area contributed by atoms with Crippen LogP contribution in [0.1, 0.15) is 6.92 Å². The first-order valence-corrected chi connectivity index (χ1v) is 6.16. The van der Waals surface area contributed by atoms with Crippen LogP contribution >= 0.6 is 0 Å². The monoisotopic (exact) mass is 264 g/mol. The van der Waals surface area contributed by atoms with Crippen LogP contribution in [0, 0.1) is 0 Å². The minimum atomic E-state index is -4.60. The maximum absolute atomic E-state index is 9.82. The van der Waals surface area contributed by atoms with Crippen LogP contribution in [0.5, 0.6) is 0 Å². The van der Waals surface area contributed by atoms with Gasteiger partial charge in [-0.1, -0.05) is 6.08 Å². The summed E-state index contributed by atoms with van der Waals surface area (Å²) in [5.74, 6) is 0. The molecule has 0 radical (unpaired) electrons. The summed E-state index contributed by atoms with van der Waals surface area (Å²) in [4.78, 5) is 0. The molecular formula is C5H12O8S2. The summed E-state index contributed by atoms with van der Waals surface area (Å²) in [5, 5.41) is 0. The van der Waals surface area contributed by atoms with Gasteiger partial charge in [-0.05, 0) is 6.92 Å². The van der Waals surface area contributed by atoms with Gasteiger partial charge in [0.05, 0.1) is 13.2 Å². The molecule has 0 aromatic heterocycles. The molecule has 0 aliphatic carbocycles. The highest BCUT2D eigenvalue weighted by atomic mass is 32.3. The fraction of sp³-hybridized carbons (Fsp3) is 0.600.